The van der Waals surface area contributed by atoms with Crippen molar-refractivity contribution in [3.63, 3.8) is 0 Å². The summed E-state index contributed by atoms with van der Waals surface area (Å²) >= 11 is 0. The van der Waals surface area contributed by atoms with Crippen molar-refractivity contribution in [3.8, 4) is 0 Å². The summed E-state index contributed by atoms with van der Waals surface area (Å²) in [5.74, 6) is -0.502. The van der Waals surface area contributed by atoms with Gasteiger partial charge in [0, 0.05) is 19.6 Å². The quantitative estimate of drug-likeness (QED) is 0.239. The van der Waals surface area contributed by atoms with E-state index < -0.39 is 18.2 Å². The van der Waals surface area contributed by atoms with Crippen LogP contribution < -0.4 is 21.3 Å². The zero-order valence-electron chi connectivity index (χ0n) is 24.4. The van der Waals surface area contributed by atoms with Gasteiger partial charge in [-0.2, -0.15) is 0 Å². The lowest BCUT2D eigenvalue weighted by molar-refractivity contribution is -0.134. The Labute approximate surface area is 257 Å². The Morgan fingerprint density at radius 1 is 1.07 bits per heavy atom. The highest BCUT2D eigenvalue weighted by molar-refractivity contribution is 5.90. The molecule has 12 heteroatoms. The van der Waals surface area contributed by atoms with E-state index in [1.165, 1.54) is 36.6 Å². The molecule has 2 aliphatic rings. The second kappa shape index (κ2) is 20.1. The van der Waals surface area contributed by atoms with Crippen molar-refractivity contribution in [2.45, 2.75) is 83.3 Å². The number of nitrogens with zero attached hydrogens (tertiary/aromatic N) is 3. The SMILES string of the molecule is CCCCCCCCCN(C[C@H]1CN(c2ccc(N3CCOCC3)c(F)c2)C(=O)O1)C(=O)[C@@H](N)CCCCN.Cl.Cl. The van der Waals surface area contributed by atoms with Gasteiger partial charge in [0.15, 0.2) is 0 Å². The van der Waals surface area contributed by atoms with Crippen LogP contribution in [-0.2, 0) is 14.3 Å². The number of hydrogen-bond acceptors (Lipinski definition) is 7. The molecule has 2 amide bonds. The minimum Gasteiger partial charge on any atom is -0.442 e. The number of ether oxygens (including phenoxy) is 2. The molecule has 0 radical (unpaired) electrons. The Morgan fingerprint density at radius 2 is 1.76 bits per heavy atom. The molecule has 0 aromatic heterocycles. The normalized spacial score (nSPS) is 17.5. The van der Waals surface area contributed by atoms with E-state index in [9.17, 15) is 14.0 Å². The standard InChI is InChI=1S/C29H48FN5O4.2ClH/c1-2-3-4-5-6-7-10-15-34(28(36)26(32)11-8-9-14-31)21-24-22-35(29(37)39-24)23-12-13-27(25(30)20-23)33-16-18-38-19-17-33;;/h12-13,20,24,26H,2-11,14-19,21-22,31-32H2,1H3;2*1H/t24-,26-;;/m0../s1. The Balaban J connectivity index is 0.00000420. The van der Waals surface area contributed by atoms with Crippen LogP contribution in [-0.4, -0.2) is 81.5 Å². The summed E-state index contributed by atoms with van der Waals surface area (Å²) in [6.07, 6.45) is 9.15. The average molecular weight is 623 g/mol. The maximum atomic E-state index is 15.0. The second-order valence-corrected chi connectivity index (χ2v) is 10.6. The highest BCUT2D eigenvalue weighted by Gasteiger charge is 2.35. The topological polar surface area (TPSA) is 114 Å². The van der Waals surface area contributed by atoms with Gasteiger partial charge in [-0.25, -0.2) is 9.18 Å². The molecule has 2 atom stereocenters. The molecular formula is C29H50Cl2FN5O4. The number of amides is 2. The van der Waals surface area contributed by atoms with Crippen molar-refractivity contribution in [3.05, 3.63) is 24.0 Å². The zero-order valence-corrected chi connectivity index (χ0v) is 26.1. The Kier molecular flexibility index (Phi) is 18.2. The Morgan fingerprint density at radius 3 is 2.41 bits per heavy atom. The first-order valence-corrected chi connectivity index (χ1v) is 14.8. The van der Waals surface area contributed by atoms with Gasteiger partial charge < -0.3 is 30.7 Å². The third kappa shape index (κ3) is 11.7. The van der Waals surface area contributed by atoms with Crippen LogP contribution >= 0.6 is 24.8 Å². The van der Waals surface area contributed by atoms with Crippen LogP contribution in [0.25, 0.3) is 0 Å². The molecule has 2 saturated heterocycles. The molecule has 236 valence electrons. The summed E-state index contributed by atoms with van der Waals surface area (Å²) in [4.78, 5) is 31.1. The predicted molar refractivity (Wildman–Crippen MR) is 167 cm³/mol. The second-order valence-electron chi connectivity index (χ2n) is 10.6. The van der Waals surface area contributed by atoms with Crippen LogP contribution in [0.4, 0.5) is 20.6 Å². The fraction of sp³-hybridized carbons (Fsp3) is 0.724. The van der Waals surface area contributed by atoms with Crippen molar-refractivity contribution in [2.24, 2.45) is 11.5 Å². The van der Waals surface area contributed by atoms with E-state index in [4.69, 9.17) is 20.9 Å². The third-order valence-electron chi connectivity index (χ3n) is 7.52. The molecule has 3 rings (SSSR count). The molecule has 2 fully saturated rings. The van der Waals surface area contributed by atoms with Gasteiger partial charge in [0.05, 0.1) is 43.7 Å². The van der Waals surface area contributed by atoms with Gasteiger partial charge in [0.25, 0.3) is 0 Å². The van der Waals surface area contributed by atoms with Crippen molar-refractivity contribution >= 4 is 48.2 Å². The van der Waals surface area contributed by atoms with Crippen LogP contribution in [0.1, 0.15) is 71.1 Å². The molecular weight excluding hydrogens is 572 g/mol. The van der Waals surface area contributed by atoms with Gasteiger partial charge in [-0.05, 0) is 44.0 Å². The number of rotatable bonds is 17. The smallest absolute Gasteiger partial charge is 0.414 e. The monoisotopic (exact) mass is 621 g/mol. The lowest BCUT2D eigenvalue weighted by atomic mass is 10.1. The summed E-state index contributed by atoms with van der Waals surface area (Å²) in [6.45, 7) is 6.25. The molecule has 0 bridgehead atoms. The third-order valence-corrected chi connectivity index (χ3v) is 7.52. The molecule has 0 saturated carbocycles. The number of morpholine rings is 1. The molecule has 0 unspecified atom stereocenters. The van der Waals surface area contributed by atoms with Gasteiger partial charge in [0.2, 0.25) is 5.91 Å². The van der Waals surface area contributed by atoms with Crippen molar-refractivity contribution in [2.75, 3.05) is 62.3 Å². The summed E-state index contributed by atoms with van der Waals surface area (Å²) in [5.41, 5.74) is 12.8. The van der Waals surface area contributed by atoms with Crippen LogP contribution in [0.3, 0.4) is 0 Å². The summed E-state index contributed by atoms with van der Waals surface area (Å²) in [6, 6.07) is 4.22. The lowest BCUT2D eigenvalue weighted by Gasteiger charge is -2.29. The molecule has 2 aliphatic heterocycles. The molecule has 4 N–H and O–H groups in total. The number of cyclic esters (lactones) is 1. The van der Waals surface area contributed by atoms with Crippen LogP contribution in [0.15, 0.2) is 18.2 Å². The molecule has 2 heterocycles. The number of benzene rings is 1. The van der Waals surface area contributed by atoms with Gasteiger partial charge in [-0.1, -0.05) is 51.9 Å². The van der Waals surface area contributed by atoms with E-state index >= 15 is 0 Å². The first kappa shape index (κ1) is 37.2. The van der Waals surface area contributed by atoms with E-state index in [0.29, 0.717) is 57.2 Å². The Hall–Kier alpha value is -1.85. The first-order chi connectivity index (χ1) is 18.9. The predicted octanol–water partition coefficient (Wildman–Crippen LogP) is 4.87. The van der Waals surface area contributed by atoms with E-state index in [2.05, 4.69) is 6.92 Å². The molecule has 9 nitrogen and oxygen atoms in total. The molecule has 0 aliphatic carbocycles. The highest BCUT2D eigenvalue weighted by Crippen LogP contribution is 2.28. The summed E-state index contributed by atoms with van der Waals surface area (Å²) in [5, 5.41) is 0. The van der Waals surface area contributed by atoms with E-state index in [-0.39, 0.29) is 49.6 Å². The maximum Gasteiger partial charge on any atom is 0.414 e. The van der Waals surface area contributed by atoms with Crippen molar-refractivity contribution in [1.82, 2.24) is 4.90 Å². The number of carbonyl (C=O) groups is 2. The summed E-state index contributed by atoms with van der Waals surface area (Å²) in [7, 11) is 0. The fourth-order valence-corrected chi connectivity index (χ4v) is 5.22. The minimum atomic E-state index is -0.601. The zero-order chi connectivity index (χ0) is 28.0. The minimum absolute atomic E-state index is 0. The van der Waals surface area contributed by atoms with Gasteiger partial charge in [0.1, 0.15) is 11.9 Å². The number of unbranched alkanes of at least 4 members (excludes halogenated alkanes) is 7. The van der Waals surface area contributed by atoms with Gasteiger partial charge >= 0.3 is 6.09 Å². The first-order valence-electron chi connectivity index (χ1n) is 14.8. The number of hydrogen-bond donors (Lipinski definition) is 2. The van der Waals surface area contributed by atoms with E-state index in [1.807, 2.05) is 4.90 Å². The van der Waals surface area contributed by atoms with E-state index in [0.717, 1.165) is 32.1 Å². The van der Waals surface area contributed by atoms with Gasteiger partial charge in [-0.15, -0.1) is 24.8 Å². The van der Waals surface area contributed by atoms with Crippen molar-refractivity contribution < 1.29 is 23.5 Å². The summed E-state index contributed by atoms with van der Waals surface area (Å²) < 4.78 is 26.0. The van der Waals surface area contributed by atoms with Crippen LogP contribution in [0, 0.1) is 5.82 Å². The number of nitrogens with two attached hydrogens (primary N) is 2. The molecule has 41 heavy (non-hydrogen) atoms. The fourth-order valence-electron chi connectivity index (χ4n) is 5.22. The van der Waals surface area contributed by atoms with E-state index in [1.54, 1.807) is 17.0 Å². The van der Waals surface area contributed by atoms with Gasteiger partial charge in [-0.3, -0.25) is 9.69 Å². The number of carbonyl (C=O) groups excluding carboxylic acids is 2. The molecule has 0 spiro atoms. The van der Waals surface area contributed by atoms with Crippen LogP contribution in [0.2, 0.25) is 0 Å². The Bertz CT molecular complexity index is 910. The number of halogens is 3. The number of anilines is 2. The lowest BCUT2D eigenvalue weighted by Crippen LogP contribution is -2.47. The molecule has 1 aromatic rings. The largest absolute Gasteiger partial charge is 0.442 e. The van der Waals surface area contributed by atoms with Crippen LogP contribution in [0.5, 0.6) is 0 Å². The maximum absolute atomic E-state index is 15.0. The average Bonchev–Trinajstić information content (AvgIpc) is 3.31. The van der Waals surface area contributed by atoms with Crippen molar-refractivity contribution in [1.29, 1.82) is 0 Å². The molecule has 1 aromatic carbocycles. The highest BCUT2D eigenvalue weighted by atomic mass is 35.5.